The molecule has 0 aliphatic rings. The number of rotatable bonds is 3. The van der Waals surface area contributed by atoms with E-state index in [-0.39, 0.29) is 23.3 Å². The second-order valence-electron chi connectivity index (χ2n) is 3.19. The number of pyridine rings is 1. The van der Waals surface area contributed by atoms with E-state index in [9.17, 15) is 13.6 Å². The van der Waals surface area contributed by atoms with Crippen molar-refractivity contribution in [1.82, 2.24) is 4.98 Å². The van der Waals surface area contributed by atoms with E-state index in [1.807, 2.05) is 0 Å². The number of halogens is 2. The van der Waals surface area contributed by atoms with Gasteiger partial charge in [0.2, 0.25) is 0 Å². The number of nitrogens with zero attached hydrogens (tertiary/aromatic N) is 2. The SMILES string of the molecule is CCOC(=O)c1cnc(C(F)F)c(C#N)c1C. The van der Waals surface area contributed by atoms with Crippen LogP contribution in [-0.4, -0.2) is 17.6 Å². The molecule has 1 rings (SSSR count). The van der Waals surface area contributed by atoms with Crippen molar-refractivity contribution in [1.29, 1.82) is 5.26 Å². The Balaban J connectivity index is 3.31. The van der Waals surface area contributed by atoms with Crippen molar-refractivity contribution < 1.29 is 18.3 Å². The Morgan fingerprint density at radius 2 is 2.29 bits per heavy atom. The summed E-state index contributed by atoms with van der Waals surface area (Å²) in [5.74, 6) is -0.671. The minimum absolute atomic E-state index is 0.0350. The monoisotopic (exact) mass is 240 g/mol. The zero-order valence-corrected chi connectivity index (χ0v) is 9.33. The molecule has 0 bridgehead atoms. The maximum atomic E-state index is 12.5. The van der Waals surface area contributed by atoms with Crippen LogP contribution < -0.4 is 0 Å². The number of nitriles is 1. The molecule has 0 spiro atoms. The molecule has 4 nitrogen and oxygen atoms in total. The first-order valence-electron chi connectivity index (χ1n) is 4.87. The van der Waals surface area contributed by atoms with Gasteiger partial charge in [-0.1, -0.05) is 0 Å². The standard InChI is InChI=1S/C11H10F2N2O2/c1-3-17-11(16)8-5-15-9(10(12)13)7(4-14)6(8)2/h5,10H,3H2,1-2H3. The summed E-state index contributed by atoms with van der Waals surface area (Å²) in [4.78, 5) is 14.9. The lowest BCUT2D eigenvalue weighted by Gasteiger charge is -2.09. The fraction of sp³-hybridized carbons (Fsp3) is 0.364. The first-order chi connectivity index (χ1) is 8.02. The molecular formula is C11H10F2N2O2. The van der Waals surface area contributed by atoms with Crippen molar-refractivity contribution in [2.24, 2.45) is 0 Å². The Hall–Kier alpha value is -2.03. The van der Waals surface area contributed by atoms with Crippen molar-refractivity contribution in [2.45, 2.75) is 20.3 Å². The number of hydrogen-bond acceptors (Lipinski definition) is 4. The molecule has 0 fully saturated rings. The van der Waals surface area contributed by atoms with Gasteiger partial charge in [-0.3, -0.25) is 4.98 Å². The molecule has 0 atom stereocenters. The van der Waals surface area contributed by atoms with Crippen molar-refractivity contribution >= 4 is 5.97 Å². The number of esters is 1. The molecule has 0 aliphatic heterocycles. The highest BCUT2D eigenvalue weighted by Gasteiger charge is 2.21. The van der Waals surface area contributed by atoms with E-state index in [1.54, 1.807) is 13.0 Å². The molecule has 1 aromatic heterocycles. The third-order valence-corrected chi connectivity index (χ3v) is 2.18. The third-order valence-electron chi connectivity index (χ3n) is 2.18. The minimum atomic E-state index is -2.85. The van der Waals surface area contributed by atoms with Gasteiger partial charge in [0.05, 0.1) is 17.7 Å². The van der Waals surface area contributed by atoms with Gasteiger partial charge < -0.3 is 4.74 Å². The normalized spacial score (nSPS) is 10.1. The van der Waals surface area contributed by atoms with Gasteiger partial charge in [0, 0.05) is 6.20 Å². The summed E-state index contributed by atoms with van der Waals surface area (Å²) in [5.41, 5.74) is -0.687. The molecule has 1 heterocycles. The second kappa shape index (κ2) is 5.34. The Morgan fingerprint density at radius 1 is 1.65 bits per heavy atom. The largest absolute Gasteiger partial charge is 0.462 e. The molecule has 0 N–H and O–H groups in total. The van der Waals surface area contributed by atoms with Crippen molar-refractivity contribution in [3.05, 3.63) is 28.6 Å². The fourth-order valence-electron chi connectivity index (χ4n) is 1.34. The summed E-state index contributed by atoms with van der Waals surface area (Å²) in [6.07, 6.45) is -1.84. The number of ether oxygens (including phenoxy) is 1. The Kier molecular flexibility index (Phi) is 4.10. The van der Waals surface area contributed by atoms with Crippen LogP contribution in [0.2, 0.25) is 0 Å². The van der Waals surface area contributed by atoms with Crippen LogP contribution in [0.1, 0.15) is 40.5 Å². The molecule has 0 saturated heterocycles. The van der Waals surface area contributed by atoms with E-state index in [2.05, 4.69) is 4.98 Å². The summed E-state index contributed by atoms with van der Waals surface area (Å²) in [6, 6.07) is 1.63. The zero-order valence-electron chi connectivity index (χ0n) is 9.33. The van der Waals surface area contributed by atoms with Gasteiger partial charge in [0.25, 0.3) is 6.43 Å². The summed E-state index contributed by atoms with van der Waals surface area (Å²) in [6.45, 7) is 3.20. The number of carbonyl (C=O) groups excluding carboxylic acids is 1. The maximum Gasteiger partial charge on any atom is 0.340 e. The molecule has 1 aromatic rings. The second-order valence-corrected chi connectivity index (χ2v) is 3.19. The van der Waals surface area contributed by atoms with Crippen LogP contribution in [0, 0.1) is 18.3 Å². The summed E-state index contributed by atoms with van der Waals surface area (Å²) in [5, 5.41) is 8.81. The van der Waals surface area contributed by atoms with E-state index >= 15 is 0 Å². The number of alkyl halides is 2. The predicted molar refractivity (Wildman–Crippen MR) is 54.6 cm³/mol. The average molecular weight is 240 g/mol. The summed E-state index contributed by atoms with van der Waals surface area (Å²) in [7, 11) is 0. The Morgan fingerprint density at radius 3 is 2.76 bits per heavy atom. The third kappa shape index (κ3) is 2.56. The lowest BCUT2D eigenvalue weighted by atomic mass is 10.0. The summed E-state index contributed by atoms with van der Waals surface area (Å²) >= 11 is 0. The molecule has 90 valence electrons. The van der Waals surface area contributed by atoms with Crippen molar-refractivity contribution in [3.8, 4) is 6.07 Å². The zero-order chi connectivity index (χ0) is 13.0. The molecule has 6 heteroatoms. The lowest BCUT2D eigenvalue weighted by Crippen LogP contribution is -2.10. The van der Waals surface area contributed by atoms with Gasteiger partial charge >= 0.3 is 5.97 Å². The van der Waals surface area contributed by atoms with Gasteiger partial charge in [-0.25, -0.2) is 13.6 Å². The highest BCUT2D eigenvalue weighted by atomic mass is 19.3. The van der Waals surface area contributed by atoms with Crippen molar-refractivity contribution in [2.75, 3.05) is 6.61 Å². The number of hydrogen-bond donors (Lipinski definition) is 0. The Bertz CT molecular complexity index is 481. The highest BCUT2D eigenvalue weighted by Crippen LogP contribution is 2.24. The molecule has 0 aliphatic carbocycles. The lowest BCUT2D eigenvalue weighted by molar-refractivity contribution is 0.0524. The minimum Gasteiger partial charge on any atom is -0.462 e. The summed E-state index contributed by atoms with van der Waals surface area (Å²) < 4.78 is 29.8. The molecule has 0 aromatic carbocycles. The molecule has 0 saturated carbocycles. The molecule has 0 unspecified atom stereocenters. The van der Waals surface area contributed by atoms with Gasteiger partial charge in [-0.15, -0.1) is 0 Å². The van der Waals surface area contributed by atoms with Crippen LogP contribution in [-0.2, 0) is 4.74 Å². The topological polar surface area (TPSA) is 63.0 Å². The predicted octanol–water partition coefficient (Wildman–Crippen LogP) is 2.38. The number of aromatic nitrogens is 1. The van der Waals surface area contributed by atoms with Gasteiger partial charge in [-0.05, 0) is 19.4 Å². The Labute approximate surface area is 96.8 Å². The van der Waals surface area contributed by atoms with Crippen LogP contribution in [0.25, 0.3) is 0 Å². The molecular weight excluding hydrogens is 230 g/mol. The smallest absolute Gasteiger partial charge is 0.340 e. The van der Waals surface area contributed by atoms with Crippen LogP contribution >= 0.6 is 0 Å². The van der Waals surface area contributed by atoms with E-state index < -0.39 is 18.1 Å². The van der Waals surface area contributed by atoms with Crippen LogP contribution in [0.15, 0.2) is 6.20 Å². The maximum absolute atomic E-state index is 12.5. The van der Waals surface area contributed by atoms with E-state index in [0.717, 1.165) is 6.20 Å². The first kappa shape index (κ1) is 13.0. The first-order valence-corrected chi connectivity index (χ1v) is 4.87. The molecule has 17 heavy (non-hydrogen) atoms. The van der Waals surface area contributed by atoms with E-state index in [1.165, 1.54) is 6.92 Å². The van der Waals surface area contributed by atoms with Gasteiger partial charge in [0.15, 0.2) is 0 Å². The van der Waals surface area contributed by atoms with Crippen LogP contribution in [0.3, 0.4) is 0 Å². The fourth-order valence-corrected chi connectivity index (χ4v) is 1.34. The average Bonchev–Trinajstić information content (AvgIpc) is 2.28. The number of carbonyl (C=O) groups is 1. The van der Waals surface area contributed by atoms with E-state index in [4.69, 9.17) is 10.00 Å². The van der Waals surface area contributed by atoms with Gasteiger partial charge in [-0.2, -0.15) is 5.26 Å². The van der Waals surface area contributed by atoms with Crippen LogP contribution in [0.4, 0.5) is 8.78 Å². The van der Waals surface area contributed by atoms with Gasteiger partial charge in [0.1, 0.15) is 11.8 Å². The molecule has 0 radical (unpaired) electrons. The van der Waals surface area contributed by atoms with E-state index in [0.29, 0.717) is 0 Å². The van der Waals surface area contributed by atoms with Crippen LogP contribution in [0.5, 0.6) is 0 Å². The van der Waals surface area contributed by atoms with Crippen molar-refractivity contribution in [3.63, 3.8) is 0 Å². The molecule has 0 amide bonds. The highest BCUT2D eigenvalue weighted by molar-refractivity contribution is 5.91. The quantitative estimate of drug-likeness (QED) is 0.761.